The summed E-state index contributed by atoms with van der Waals surface area (Å²) < 4.78 is 0. The molecule has 1 fully saturated rings. The first-order valence-corrected chi connectivity index (χ1v) is 8.96. The van der Waals surface area contributed by atoms with Crippen molar-refractivity contribution in [1.29, 1.82) is 0 Å². The van der Waals surface area contributed by atoms with Gasteiger partial charge in [0.1, 0.15) is 5.69 Å². The Hall–Kier alpha value is -3.00. The largest absolute Gasteiger partial charge is 0.379 e. The second-order valence-corrected chi connectivity index (χ2v) is 6.80. The number of hydrogen-bond donors (Lipinski definition) is 1. The topological polar surface area (TPSA) is 102 Å². The van der Waals surface area contributed by atoms with Gasteiger partial charge in [-0.25, -0.2) is 0 Å². The maximum absolute atomic E-state index is 11.2. The third-order valence-corrected chi connectivity index (χ3v) is 4.93. The standard InChI is InChI=1S/C19H22N4O4/c24-22(25)17-6-7-18(19(12-17)23(26)27)20-13-15-8-10-21(11-9-15)14-16-4-2-1-3-5-16/h1-7,12,15,20H,8-11,13-14H2. The lowest BCUT2D eigenvalue weighted by Gasteiger charge is -2.32. The highest BCUT2D eigenvalue weighted by Gasteiger charge is 2.22. The number of non-ortho nitro benzene ring substituents is 1. The van der Waals surface area contributed by atoms with E-state index in [-0.39, 0.29) is 11.4 Å². The van der Waals surface area contributed by atoms with Crippen molar-refractivity contribution >= 4 is 17.1 Å². The summed E-state index contributed by atoms with van der Waals surface area (Å²) in [7, 11) is 0. The van der Waals surface area contributed by atoms with Gasteiger partial charge < -0.3 is 5.32 Å². The smallest absolute Gasteiger partial charge is 0.299 e. The van der Waals surface area contributed by atoms with E-state index in [1.54, 1.807) is 0 Å². The van der Waals surface area contributed by atoms with E-state index >= 15 is 0 Å². The van der Waals surface area contributed by atoms with Crippen LogP contribution in [-0.2, 0) is 6.54 Å². The highest BCUT2D eigenvalue weighted by Crippen LogP contribution is 2.30. The molecule has 0 saturated carbocycles. The lowest BCUT2D eigenvalue weighted by Crippen LogP contribution is -2.35. The normalized spacial score (nSPS) is 15.4. The Balaban J connectivity index is 1.53. The minimum Gasteiger partial charge on any atom is -0.379 e. The molecule has 2 aromatic rings. The van der Waals surface area contributed by atoms with Crippen LogP contribution in [0.1, 0.15) is 18.4 Å². The van der Waals surface area contributed by atoms with Crippen molar-refractivity contribution in [3.05, 3.63) is 74.3 Å². The predicted octanol–water partition coefficient (Wildman–Crippen LogP) is 3.83. The summed E-state index contributed by atoms with van der Waals surface area (Å²) in [4.78, 5) is 23.2. The number of piperidine rings is 1. The summed E-state index contributed by atoms with van der Waals surface area (Å²) >= 11 is 0. The van der Waals surface area contributed by atoms with E-state index in [1.807, 2.05) is 18.2 Å². The van der Waals surface area contributed by atoms with Crippen LogP contribution in [0.4, 0.5) is 17.1 Å². The summed E-state index contributed by atoms with van der Waals surface area (Å²) in [5.41, 5.74) is 1.10. The fourth-order valence-corrected chi connectivity index (χ4v) is 3.38. The second kappa shape index (κ2) is 8.59. The third-order valence-electron chi connectivity index (χ3n) is 4.93. The lowest BCUT2D eigenvalue weighted by molar-refractivity contribution is -0.393. The van der Waals surface area contributed by atoms with Crippen molar-refractivity contribution < 1.29 is 9.85 Å². The average Bonchev–Trinajstić information content (AvgIpc) is 2.68. The van der Waals surface area contributed by atoms with Gasteiger partial charge in [-0.05, 0) is 43.5 Å². The zero-order valence-electron chi connectivity index (χ0n) is 14.9. The number of nitro groups is 2. The van der Waals surface area contributed by atoms with Crippen LogP contribution in [0.25, 0.3) is 0 Å². The van der Waals surface area contributed by atoms with Crippen LogP contribution in [0.5, 0.6) is 0 Å². The first-order valence-electron chi connectivity index (χ1n) is 8.96. The predicted molar refractivity (Wildman–Crippen MR) is 103 cm³/mol. The molecule has 8 heteroatoms. The van der Waals surface area contributed by atoms with E-state index in [0.717, 1.165) is 38.5 Å². The Bertz CT molecular complexity index is 805. The van der Waals surface area contributed by atoms with Gasteiger partial charge in [0, 0.05) is 19.2 Å². The molecule has 27 heavy (non-hydrogen) atoms. The monoisotopic (exact) mass is 370 g/mol. The number of nitrogens with zero attached hydrogens (tertiary/aromatic N) is 3. The van der Waals surface area contributed by atoms with Crippen molar-refractivity contribution in [2.75, 3.05) is 25.0 Å². The molecule has 1 saturated heterocycles. The molecule has 3 rings (SSSR count). The average molecular weight is 370 g/mol. The van der Waals surface area contributed by atoms with Gasteiger partial charge in [0.15, 0.2) is 0 Å². The molecule has 2 aromatic carbocycles. The molecule has 0 aliphatic carbocycles. The van der Waals surface area contributed by atoms with Crippen molar-refractivity contribution in [3.63, 3.8) is 0 Å². The van der Waals surface area contributed by atoms with Gasteiger partial charge in [0.2, 0.25) is 0 Å². The van der Waals surface area contributed by atoms with Crippen LogP contribution < -0.4 is 5.32 Å². The lowest BCUT2D eigenvalue weighted by atomic mass is 9.96. The van der Waals surface area contributed by atoms with Crippen molar-refractivity contribution in [2.45, 2.75) is 19.4 Å². The first-order chi connectivity index (χ1) is 13.0. The Kier molecular flexibility index (Phi) is 5.97. The highest BCUT2D eigenvalue weighted by molar-refractivity contribution is 5.65. The number of nitro benzene ring substituents is 2. The van der Waals surface area contributed by atoms with Crippen molar-refractivity contribution in [3.8, 4) is 0 Å². The van der Waals surface area contributed by atoms with E-state index in [4.69, 9.17) is 0 Å². The Labute approximate surface area is 157 Å². The van der Waals surface area contributed by atoms with Crippen LogP contribution >= 0.6 is 0 Å². The molecule has 1 N–H and O–H groups in total. The second-order valence-electron chi connectivity index (χ2n) is 6.80. The molecule has 0 radical (unpaired) electrons. The third kappa shape index (κ3) is 5.01. The van der Waals surface area contributed by atoms with Gasteiger partial charge in [-0.15, -0.1) is 0 Å². The maximum atomic E-state index is 11.2. The fraction of sp³-hybridized carbons (Fsp3) is 0.368. The highest BCUT2D eigenvalue weighted by atomic mass is 16.6. The summed E-state index contributed by atoms with van der Waals surface area (Å²) in [6.07, 6.45) is 2.03. The van der Waals surface area contributed by atoms with Crippen LogP contribution in [0, 0.1) is 26.1 Å². The zero-order chi connectivity index (χ0) is 19.2. The van der Waals surface area contributed by atoms with Gasteiger partial charge in [-0.1, -0.05) is 30.3 Å². The Morgan fingerprint density at radius 1 is 1.00 bits per heavy atom. The molecule has 8 nitrogen and oxygen atoms in total. The van der Waals surface area contributed by atoms with Crippen molar-refractivity contribution in [2.24, 2.45) is 5.92 Å². The molecule has 0 amide bonds. The molecular weight excluding hydrogens is 348 g/mol. The Morgan fingerprint density at radius 3 is 2.33 bits per heavy atom. The van der Waals surface area contributed by atoms with Crippen LogP contribution in [0.3, 0.4) is 0 Å². The molecule has 0 unspecified atom stereocenters. The van der Waals surface area contributed by atoms with E-state index in [0.29, 0.717) is 18.2 Å². The number of hydrogen-bond acceptors (Lipinski definition) is 6. The van der Waals surface area contributed by atoms with Gasteiger partial charge >= 0.3 is 0 Å². The molecule has 1 aliphatic rings. The SMILES string of the molecule is O=[N+]([O-])c1ccc(NCC2CCN(Cc3ccccc3)CC2)c([N+](=O)[O-])c1. The number of likely N-dealkylation sites (tertiary alicyclic amines) is 1. The van der Waals surface area contributed by atoms with Crippen molar-refractivity contribution in [1.82, 2.24) is 4.90 Å². The van der Waals surface area contributed by atoms with E-state index in [2.05, 4.69) is 22.3 Å². The molecule has 0 atom stereocenters. The van der Waals surface area contributed by atoms with Gasteiger partial charge in [0.05, 0.1) is 15.9 Å². The number of rotatable bonds is 7. The Morgan fingerprint density at radius 2 is 1.70 bits per heavy atom. The molecule has 0 bridgehead atoms. The minimum atomic E-state index is -0.626. The summed E-state index contributed by atoms with van der Waals surface area (Å²) in [5.74, 6) is 0.423. The zero-order valence-corrected chi connectivity index (χ0v) is 14.9. The fourth-order valence-electron chi connectivity index (χ4n) is 3.38. The van der Waals surface area contributed by atoms with E-state index < -0.39 is 9.85 Å². The quantitative estimate of drug-likeness (QED) is 0.587. The van der Waals surface area contributed by atoms with Crippen LogP contribution in [0.15, 0.2) is 48.5 Å². The molecule has 1 heterocycles. The first kappa shape index (κ1) is 18.8. The molecule has 1 aliphatic heterocycles. The van der Waals surface area contributed by atoms with E-state index in [1.165, 1.54) is 17.7 Å². The molecular formula is C19H22N4O4. The van der Waals surface area contributed by atoms with Gasteiger partial charge in [0.25, 0.3) is 11.4 Å². The summed E-state index contributed by atoms with van der Waals surface area (Å²) in [6, 6.07) is 14.1. The molecule has 0 spiro atoms. The molecule has 0 aromatic heterocycles. The van der Waals surface area contributed by atoms with E-state index in [9.17, 15) is 20.2 Å². The summed E-state index contributed by atoms with van der Waals surface area (Å²) in [5, 5.41) is 25.1. The number of anilines is 1. The van der Waals surface area contributed by atoms with Crippen LogP contribution in [-0.4, -0.2) is 34.4 Å². The molecule has 142 valence electrons. The van der Waals surface area contributed by atoms with Gasteiger partial charge in [-0.2, -0.15) is 0 Å². The number of nitrogens with one attached hydrogen (secondary N) is 1. The number of benzene rings is 2. The van der Waals surface area contributed by atoms with Crippen LogP contribution in [0.2, 0.25) is 0 Å². The van der Waals surface area contributed by atoms with Gasteiger partial charge in [-0.3, -0.25) is 25.1 Å². The minimum absolute atomic E-state index is 0.259. The maximum Gasteiger partial charge on any atom is 0.299 e. The summed E-state index contributed by atoms with van der Waals surface area (Å²) in [6.45, 7) is 3.54.